The Morgan fingerprint density at radius 1 is 0.829 bits per heavy atom. The van der Waals surface area contributed by atoms with Crippen LogP contribution < -0.4 is 21.7 Å². The van der Waals surface area contributed by atoms with Crippen molar-refractivity contribution in [3.05, 3.63) is 83.9 Å². The molecule has 0 fully saturated rings. The first-order valence-electron chi connectivity index (χ1n) is 13.2. The molecule has 0 aliphatic rings. The number of nitrogens with one attached hydrogen (secondary N) is 4. The van der Waals surface area contributed by atoms with Crippen LogP contribution in [0.15, 0.2) is 67.1 Å². The number of hydrogen-bond acceptors (Lipinski definition) is 7. The minimum Gasteiger partial charge on any atom is -0.508 e. The molecule has 8 N–H and O–H groups in total. The molecule has 12 heteroatoms. The number of nitrogens with zero attached hydrogens (tertiary/aromatic N) is 1. The normalized spacial score (nSPS) is 14.0. The Morgan fingerprint density at radius 3 is 2.00 bits per heavy atom. The number of phenols is 1. The maximum Gasteiger partial charge on any atom is 0.326 e. The average molecular weight is 565 g/mol. The lowest BCUT2D eigenvalue weighted by atomic mass is 10.0. The number of nitrogens with two attached hydrogens (primary N) is 1. The van der Waals surface area contributed by atoms with Gasteiger partial charge in [0.15, 0.2) is 0 Å². The van der Waals surface area contributed by atoms with Gasteiger partial charge in [-0.05, 0) is 35.6 Å². The molecule has 0 saturated heterocycles. The van der Waals surface area contributed by atoms with E-state index in [1.165, 1.54) is 24.7 Å². The Hall–Kier alpha value is -4.71. The first-order valence-corrected chi connectivity index (χ1v) is 13.2. The lowest BCUT2D eigenvalue weighted by Gasteiger charge is -2.26. The number of aromatic hydroxyl groups is 1. The zero-order valence-corrected chi connectivity index (χ0v) is 22.9. The average Bonchev–Trinajstić information content (AvgIpc) is 3.45. The number of carbonyl (C=O) groups is 4. The molecular weight excluding hydrogens is 528 g/mol. The van der Waals surface area contributed by atoms with Crippen LogP contribution in [-0.4, -0.2) is 68.0 Å². The maximum atomic E-state index is 13.6. The zero-order chi connectivity index (χ0) is 29.9. The number of hydrogen-bond donors (Lipinski definition) is 7. The molecule has 0 spiro atoms. The van der Waals surface area contributed by atoms with E-state index in [2.05, 4.69) is 25.9 Å². The van der Waals surface area contributed by atoms with E-state index >= 15 is 0 Å². The predicted molar refractivity (Wildman–Crippen MR) is 150 cm³/mol. The fraction of sp³-hybridized carbons (Fsp3) is 0.345. The summed E-state index contributed by atoms with van der Waals surface area (Å²) in [6.07, 6.45) is 3.19. The fourth-order valence-corrected chi connectivity index (χ4v) is 4.18. The topological polar surface area (TPSA) is 200 Å². The van der Waals surface area contributed by atoms with E-state index in [9.17, 15) is 29.4 Å². The van der Waals surface area contributed by atoms with Crippen LogP contribution in [0.5, 0.6) is 5.75 Å². The highest BCUT2D eigenvalue weighted by Crippen LogP contribution is 2.13. The van der Waals surface area contributed by atoms with E-state index in [0.717, 1.165) is 5.56 Å². The quantitative estimate of drug-likeness (QED) is 0.148. The SMILES string of the molecule is CC(C)C(NC(=O)C(Cc1cnc[nH]1)NC(=O)C(Cc1ccc(O)cc1)NC(=O)C(N)Cc1ccccc1)C(=O)O. The van der Waals surface area contributed by atoms with Crippen LogP contribution in [0.25, 0.3) is 0 Å². The zero-order valence-electron chi connectivity index (χ0n) is 22.9. The molecule has 3 amide bonds. The second-order valence-corrected chi connectivity index (χ2v) is 10.1. The lowest BCUT2D eigenvalue weighted by molar-refractivity contribution is -0.143. The molecule has 3 aromatic rings. The van der Waals surface area contributed by atoms with Crippen LogP contribution in [0.1, 0.15) is 30.7 Å². The molecule has 12 nitrogen and oxygen atoms in total. The van der Waals surface area contributed by atoms with Crippen molar-refractivity contribution in [3.63, 3.8) is 0 Å². The van der Waals surface area contributed by atoms with Crippen LogP contribution in [0.4, 0.5) is 0 Å². The summed E-state index contributed by atoms with van der Waals surface area (Å²) >= 11 is 0. The second-order valence-electron chi connectivity index (χ2n) is 10.1. The van der Waals surface area contributed by atoms with Gasteiger partial charge < -0.3 is 36.9 Å². The molecule has 0 aliphatic carbocycles. The lowest BCUT2D eigenvalue weighted by Crippen LogP contribution is -2.58. The van der Waals surface area contributed by atoms with Gasteiger partial charge in [0.05, 0.1) is 12.4 Å². The van der Waals surface area contributed by atoms with Crippen molar-refractivity contribution in [2.75, 3.05) is 0 Å². The van der Waals surface area contributed by atoms with Crippen molar-refractivity contribution in [1.82, 2.24) is 25.9 Å². The highest BCUT2D eigenvalue weighted by atomic mass is 16.4. The van der Waals surface area contributed by atoms with Crippen molar-refractivity contribution in [3.8, 4) is 5.75 Å². The van der Waals surface area contributed by atoms with Crippen LogP contribution in [0, 0.1) is 5.92 Å². The highest BCUT2D eigenvalue weighted by Gasteiger charge is 2.32. The van der Waals surface area contributed by atoms with Gasteiger partial charge in [0.1, 0.15) is 23.9 Å². The summed E-state index contributed by atoms with van der Waals surface area (Å²) in [6, 6.07) is 10.9. The molecule has 4 atom stereocenters. The van der Waals surface area contributed by atoms with E-state index in [1.807, 2.05) is 30.3 Å². The number of carbonyl (C=O) groups excluding carboxylic acids is 3. The Labute approximate surface area is 237 Å². The van der Waals surface area contributed by atoms with Crippen LogP contribution in [0.3, 0.4) is 0 Å². The van der Waals surface area contributed by atoms with E-state index in [4.69, 9.17) is 5.73 Å². The minimum absolute atomic E-state index is 0.00456. The van der Waals surface area contributed by atoms with Crippen LogP contribution in [0.2, 0.25) is 0 Å². The number of phenolic OH excluding ortho intramolecular Hbond substituents is 1. The number of amides is 3. The molecule has 0 saturated carbocycles. The molecule has 41 heavy (non-hydrogen) atoms. The molecule has 4 unspecified atom stereocenters. The number of aromatic nitrogens is 2. The maximum absolute atomic E-state index is 13.6. The molecule has 0 bridgehead atoms. The Balaban J connectivity index is 1.81. The number of carboxylic acid groups (broad SMARTS) is 1. The van der Waals surface area contributed by atoms with Crippen molar-refractivity contribution in [2.24, 2.45) is 11.7 Å². The first kappa shape index (κ1) is 30.8. The Kier molecular flexibility index (Phi) is 11.0. The number of aromatic amines is 1. The fourth-order valence-electron chi connectivity index (χ4n) is 4.18. The van der Waals surface area contributed by atoms with Gasteiger partial charge in [0, 0.05) is 24.7 Å². The van der Waals surface area contributed by atoms with E-state index in [1.54, 1.807) is 26.0 Å². The summed E-state index contributed by atoms with van der Waals surface area (Å²) in [5.74, 6) is -3.51. The minimum atomic E-state index is -1.20. The molecule has 218 valence electrons. The smallest absolute Gasteiger partial charge is 0.326 e. The predicted octanol–water partition coefficient (Wildman–Crippen LogP) is 0.666. The summed E-state index contributed by atoms with van der Waals surface area (Å²) in [6.45, 7) is 3.31. The van der Waals surface area contributed by atoms with Gasteiger partial charge in [-0.3, -0.25) is 14.4 Å². The number of imidazole rings is 1. The monoisotopic (exact) mass is 564 g/mol. The van der Waals surface area contributed by atoms with Gasteiger partial charge in [-0.25, -0.2) is 9.78 Å². The van der Waals surface area contributed by atoms with E-state index in [-0.39, 0.29) is 25.0 Å². The highest BCUT2D eigenvalue weighted by molar-refractivity contribution is 5.94. The van der Waals surface area contributed by atoms with Crippen molar-refractivity contribution in [1.29, 1.82) is 0 Å². The van der Waals surface area contributed by atoms with Gasteiger partial charge >= 0.3 is 5.97 Å². The third-order valence-electron chi connectivity index (χ3n) is 6.49. The van der Waals surface area contributed by atoms with Gasteiger partial charge in [0.25, 0.3) is 0 Å². The summed E-state index contributed by atoms with van der Waals surface area (Å²) in [7, 11) is 0. The van der Waals surface area contributed by atoms with Crippen molar-refractivity contribution in [2.45, 2.75) is 57.3 Å². The number of carboxylic acids is 1. The third-order valence-corrected chi connectivity index (χ3v) is 6.49. The summed E-state index contributed by atoms with van der Waals surface area (Å²) in [5, 5.41) is 27.1. The van der Waals surface area contributed by atoms with Gasteiger partial charge in [-0.1, -0.05) is 56.3 Å². The van der Waals surface area contributed by atoms with E-state index in [0.29, 0.717) is 11.3 Å². The second kappa shape index (κ2) is 14.6. The van der Waals surface area contributed by atoms with Gasteiger partial charge in [0.2, 0.25) is 17.7 Å². The standard InChI is InChI=1S/C29H36N6O6/c1-17(2)25(29(40)41)35-28(39)24(14-20-15-31-16-32-20)34-27(38)23(13-19-8-10-21(36)11-9-19)33-26(37)22(30)12-18-6-4-3-5-7-18/h3-11,15-17,22-25,36H,12-14,30H2,1-2H3,(H,31,32)(H,33,37)(H,34,38)(H,35,39)(H,40,41). The summed E-state index contributed by atoms with van der Waals surface area (Å²) in [4.78, 5) is 58.4. The molecule has 3 rings (SSSR count). The van der Waals surface area contributed by atoms with Crippen LogP contribution in [-0.2, 0) is 38.4 Å². The first-order chi connectivity index (χ1) is 19.5. The number of rotatable bonds is 14. The Bertz CT molecular complexity index is 1300. The largest absolute Gasteiger partial charge is 0.508 e. The molecule has 1 heterocycles. The molecular formula is C29H36N6O6. The number of aliphatic carboxylic acids is 1. The van der Waals surface area contributed by atoms with Gasteiger partial charge in [-0.15, -0.1) is 0 Å². The van der Waals surface area contributed by atoms with Crippen molar-refractivity contribution < 1.29 is 29.4 Å². The molecule has 1 aromatic heterocycles. The number of benzene rings is 2. The number of H-pyrrole nitrogens is 1. The van der Waals surface area contributed by atoms with E-state index < -0.39 is 53.8 Å². The molecule has 0 aliphatic heterocycles. The molecule has 2 aromatic carbocycles. The summed E-state index contributed by atoms with van der Waals surface area (Å²) < 4.78 is 0. The van der Waals surface area contributed by atoms with Crippen LogP contribution >= 0.6 is 0 Å². The van der Waals surface area contributed by atoms with Gasteiger partial charge in [-0.2, -0.15) is 0 Å². The summed E-state index contributed by atoms with van der Waals surface area (Å²) in [5.41, 5.74) is 8.18. The van der Waals surface area contributed by atoms with Crippen molar-refractivity contribution >= 4 is 23.7 Å². The third kappa shape index (κ3) is 9.46. The molecule has 0 radical (unpaired) electrons. The Morgan fingerprint density at radius 2 is 1.41 bits per heavy atom.